The van der Waals surface area contributed by atoms with Gasteiger partial charge in [0.2, 0.25) is 5.91 Å². The van der Waals surface area contributed by atoms with Crippen molar-refractivity contribution in [1.29, 1.82) is 0 Å². The second kappa shape index (κ2) is 8.29. The summed E-state index contributed by atoms with van der Waals surface area (Å²) in [6, 6.07) is 9.69. The fourth-order valence-corrected chi connectivity index (χ4v) is 4.13. The van der Waals surface area contributed by atoms with E-state index in [0.717, 1.165) is 18.5 Å². The normalized spacial score (nSPS) is 22.0. The summed E-state index contributed by atoms with van der Waals surface area (Å²) in [6.07, 6.45) is 0.654. The summed E-state index contributed by atoms with van der Waals surface area (Å²) in [4.78, 5) is 42.7. The van der Waals surface area contributed by atoms with E-state index in [1.54, 1.807) is 6.20 Å². The zero-order valence-electron chi connectivity index (χ0n) is 16.9. The minimum Gasteiger partial charge on any atom is -0.475 e. The number of aromatic nitrogens is 2. The number of halogens is 3. The second-order valence-electron chi connectivity index (χ2n) is 8.01. The number of fused-ring (bicyclic) bond motifs is 3. The van der Waals surface area contributed by atoms with Crippen LogP contribution in [-0.2, 0) is 16.1 Å². The van der Waals surface area contributed by atoms with Crippen LogP contribution in [0.25, 0.3) is 0 Å². The van der Waals surface area contributed by atoms with E-state index in [2.05, 4.69) is 9.55 Å². The highest BCUT2D eigenvalue weighted by Crippen LogP contribution is 2.38. The van der Waals surface area contributed by atoms with Crippen molar-refractivity contribution >= 4 is 17.8 Å². The van der Waals surface area contributed by atoms with Gasteiger partial charge in [0.05, 0.1) is 24.3 Å². The average molecular weight is 450 g/mol. The third kappa shape index (κ3) is 4.32. The number of carboxylic acids is 1. The molecule has 2 fully saturated rings. The van der Waals surface area contributed by atoms with Crippen LogP contribution in [0, 0.1) is 5.92 Å². The molecule has 170 valence electrons. The molecule has 2 atom stereocenters. The van der Waals surface area contributed by atoms with E-state index in [-0.39, 0.29) is 29.8 Å². The van der Waals surface area contributed by atoms with Gasteiger partial charge in [0.15, 0.2) is 0 Å². The van der Waals surface area contributed by atoms with Gasteiger partial charge >= 0.3 is 12.1 Å². The first kappa shape index (κ1) is 21.8. The van der Waals surface area contributed by atoms with Gasteiger partial charge in [0, 0.05) is 31.4 Å². The van der Waals surface area contributed by atoms with Crippen LogP contribution in [0.15, 0.2) is 42.7 Å². The van der Waals surface area contributed by atoms with Crippen LogP contribution < -0.4 is 0 Å². The van der Waals surface area contributed by atoms with Crippen molar-refractivity contribution in [3.8, 4) is 0 Å². The van der Waals surface area contributed by atoms with E-state index < -0.39 is 12.1 Å². The van der Waals surface area contributed by atoms with Crippen molar-refractivity contribution in [2.24, 2.45) is 5.92 Å². The molecule has 5 rings (SSSR count). The number of aliphatic carboxylic acids is 1. The van der Waals surface area contributed by atoms with E-state index in [1.807, 2.05) is 46.3 Å². The Hall–Kier alpha value is -3.37. The monoisotopic (exact) mass is 450 g/mol. The fourth-order valence-electron chi connectivity index (χ4n) is 4.13. The molecule has 0 aromatic carbocycles. The number of carbonyl (C=O) groups excluding carboxylic acids is 2. The van der Waals surface area contributed by atoms with Gasteiger partial charge in [-0.2, -0.15) is 13.2 Å². The van der Waals surface area contributed by atoms with Gasteiger partial charge < -0.3 is 19.5 Å². The molecular formula is C21H21F3N4O4. The maximum Gasteiger partial charge on any atom is 0.490 e. The molecule has 4 heterocycles. The van der Waals surface area contributed by atoms with E-state index in [4.69, 9.17) is 9.90 Å². The van der Waals surface area contributed by atoms with Crippen molar-refractivity contribution in [3.05, 3.63) is 54.1 Å². The minimum atomic E-state index is -5.08. The molecule has 2 aliphatic heterocycles. The predicted octanol–water partition coefficient (Wildman–Crippen LogP) is 2.33. The molecular weight excluding hydrogens is 429 g/mol. The summed E-state index contributed by atoms with van der Waals surface area (Å²) < 4.78 is 33.8. The Bertz CT molecular complexity index is 1020. The number of hydrogen-bond acceptors (Lipinski definition) is 4. The molecule has 2 aromatic rings. The molecule has 1 aliphatic carbocycles. The lowest BCUT2D eigenvalue weighted by molar-refractivity contribution is -0.192. The number of carboxylic acid groups (broad SMARTS) is 1. The van der Waals surface area contributed by atoms with Gasteiger partial charge in [-0.3, -0.25) is 14.6 Å². The standard InChI is InChI=1S/C19H20N4O2.C2HF3O2/c24-18(13-6-7-13)21-11-16-17(12-21)23(10-14-4-1-2-8-20-14)19(25)15-5-3-9-22(15)16;3-2(4,5)1(6)7/h1-5,8-9,13,16-17H,6-7,10-12H2;(H,6,7)/t16-,17+;/m0./s1. The Morgan fingerprint density at radius 3 is 2.38 bits per heavy atom. The number of likely N-dealkylation sites (tertiary alicyclic amines) is 1. The number of hydrogen-bond donors (Lipinski definition) is 1. The quantitative estimate of drug-likeness (QED) is 0.775. The van der Waals surface area contributed by atoms with Gasteiger partial charge in [-0.05, 0) is 37.1 Å². The molecule has 0 spiro atoms. The first-order valence-electron chi connectivity index (χ1n) is 10.1. The molecule has 11 heteroatoms. The molecule has 1 N–H and O–H groups in total. The summed E-state index contributed by atoms with van der Waals surface area (Å²) in [5, 5.41) is 7.12. The third-order valence-corrected chi connectivity index (χ3v) is 5.81. The Balaban J connectivity index is 0.000000307. The van der Waals surface area contributed by atoms with Gasteiger partial charge in [-0.1, -0.05) is 6.07 Å². The van der Waals surface area contributed by atoms with E-state index in [9.17, 15) is 22.8 Å². The summed E-state index contributed by atoms with van der Waals surface area (Å²) in [7, 11) is 0. The lowest BCUT2D eigenvalue weighted by Gasteiger charge is -2.37. The molecule has 0 unspecified atom stereocenters. The van der Waals surface area contributed by atoms with Crippen LogP contribution in [0.2, 0.25) is 0 Å². The van der Waals surface area contributed by atoms with Crippen LogP contribution >= 0.6 is 0 Å². The number of carbonyl (C=O) groups is 3. The summed E-state index contributed by atoms with van der Waals surface area (Å²) >= 11 is 0. The SMILES string of the molecule is O=C(C1CC1)N1C[C@@H]2[C@H](C1)n1cccc1C(=O)N2Cc1ccccn1.O=C(O)C(F)(F)F. The number of alkyl halides is 3. The first-order valence-corrected chi connectivity index (χ1v) is 10.1. The Morgan fingerprint density at radius 2 is 1.78 bits per heavy atom. The topological polar surface area (TPSA) is 95.7 Å². The van der Waals surface area contributed by atoms with Crippen molar-refractivity contribution in [2.75, 3.05) is 13.1 Å². The van der Waals surface area contributed by atoms with E-state index in [1.165, 1.54) is 0 Å². The lowest BCUT2D eigenvalue weighted by atomic mass is 10.1. The molecule has 0 radical (unpaired) electrons. The number of pyridine rings is 1. The molecule has 32 heavy (non-hydrogen) atoms. The van der Waals surface area contributed by atoms with E-state index >= 15 is 0 Å². The highest BCUT2D eigenvalue weighted by molar-refractivity contribution is 5.94. The molecule has 3 aliphatic rings. The summed E-state index contributed by atoms with van der Waals surface area (Å²) in [5.41, 5.74) is 1.58. The maximum absolute atomic E-state index is 13.0. The fraction of sp³-hybridized carbons (Fsp3) is 0.429. The molecule has 8 nitrogen and oxygen atoms in total. The molecule has 2 amide bonds. The van der Waals surface area contributed by atoms with E-state index in [0.29, 0.717) is 25.3 Å². The lowest BCUT2D eigenvalue weighted by Crippen LogP contribution is -2.50. The van der Waals surface area contributed by atoms with Gasteiger partial charge in [-0.25, -0.2) is 4.79 Å². The minimum absolute atomic E-state index is 0.0112. The Labute approximate surface area is 181 Å². The molecule has 1 saturated heterocycles. The number of amides is 2. The van der Waals surface area contributed by atoms with Gasteiger partial charge in [0.25, 0.3) is 5.91 Å². The molecule has 2 aromatic heterocycles. The molecule has 1 saturated carbocycles. The van der Waals surface area contributed by atoms with Crippen LogP contribution in [-0.4, -0.2) is 67.5 Å². The summed E-state index contributed by atoms with van der Waals surface area (Å²) in [5.74, 6) is -2.26. The van der Waals surface area contributed by atoms with Crippen molar-refractivity contribution < 1.29 is 32.7 Å². The highest BCUT2D eigenvalue weighted by Gasteiger charge is 2.48. The van der Waals surface area contributed by atoms with Crippen LogP contribution in [0.1, 0.15) is 35.1 Å². The largest absolute Gasteiger partial charge is 0.490 e. The zero-order chi connectivity index (χ0) is 23.0. The van der Waals surface area contributed by atoms with Crippen LogP contribution in [0.5, 0.6) is 0 Å². The molecule has 0 bridgehead atoms. The maximum atomic E-state index is 13.0. The highest BCUT2D eigenvalue weighted by atomic mass is 19.4. The average Bonchev–Trinajstić information content (AvgIpc) is 3.31. The van der Waals surface area contributed by atoms with Gasteiger partial charge in [-0.15, -0.1) is 0 Å². The smallest absolute Gasteiger partial charge is 0.475 e. The van der Waals surface area contributed by atoms with Gasteiger partial charge in [0.1, 0.15) is 5.69 Å². The van der Waals surface area contributed by atoms with Crippen LogP contribution in [0.3, 0.4) is 0 Å². The Morgan fingerprint density at radius 1 is 1.09 bits per heavy atom. The van der Waals surface area contributed by atoms with Crippen molar-refractivity contribution in [3.63, 3.8) is 0 Å². The Kier molecular flexibility index (Phi) is 5.66. The second-order valence-corrected chi connectivity index (χ2v) is 8.01. The first-order chi connectivity index (χ1) is 15.2. The number of nitrogens with zero attached hydrogens (tertiary/aromatic N) is 4. The zero-order valence-corrected chi connectivity index (χ0v) is 16.9. The summed E-state index contributed by atoms with van der Waals surface area (Å²) in [6.45, 7) is 1.79. The van der Waals surface area contributed by atoms with Crippen molar-refractivity contribution in [1.82, 2.24) is 19.4 Å². The van der Waals surface area contributed by atoms with Crippen molar-refractivity contribution in [2.45, 2.75) is 37.6 Å². The third-order valence-electron chi connectivity index (χ3n) is 5.81. The predicted molar refractivity (Wildman–Crippen MR) is 104 cm³/mol. The number of rotatable bonds is 3. The van der Waals surface area contributed by atoms with Crippen LogP contribution in [0.4, 0.5) is 13.2 Å².